The Balaban J connectivity index is 1.95. The summed E-state index contributed by atoms with van der Waals surface area (Å²) in [5.41, 5.74) is 2.16. The highest BCUT2D eigenvalue weighted by molar-refractivity contribution is 5.96. The van der Waals surface area contributed by atoms with Crippen molar-refractivity contribution in [3.63, 3.8) is 0 Å². The molecule has 0 bridgehead atoms. The summed E-state index contributed by atoms with van der Waals surface area (Å²) in [5.74, 6) is -0.648. The van der Waals surface area contributed by atoms with E-state index in [1.807, 2.05) is 25.1 Å². The van der Waals surface area contributed by atoms with Crippen LogP contribution >= 0.6 is 0 Å². The third-order valence-electron chi connectivity index (χ3n) is 4.68. The molecule has 0 amide bonds. The number of benzene rings is 2. The SMILES string of the molecule is COC(=O)c1cn(-c2ccc([N+](=O)[O-])cc2)cc2c(=O)n(-c3cccc(C)c3)nc1-2. The van der Waals surface area contributed by atoms with Crippen LogP contribution in [-0.4, -0.2) is 32.3 Å². The van der Waals surface area contributed by atoms with Crippen molar-refractivity contribution in [3.05, 3.63) is 92.5 Å². The van der Waals surface area contributed by atoms with Crippen LogP contribution in [0.4, 0.5) is 5.69 Å². The highest BCUT2D eigenvalue weighted by Crippen LogP contribution is 2.25. The molecule has 0 N–H and O–H groups in total. The fourth-order valence-electron chi connectivity index (χ4n) is 3.20. The molecular formula is C21H16N4O5. The number of pyridine rings is 1. The number of nitro groups is 1. The molecule has 0 fully saturated rings. The molecule has 0 unspecified atom stereocenters. The van der Waals surface area contributed by atoms with Crippen LogP contribution in [0.5, 0.6) is 0 Å². The average molecular weight is 404 g/mol. The van der Waals surface area contributed by atoms with E-state index in [0.717, 1.165) is 5.56 Å². The molecule has 2 aromatic carbocycles. The van der Waals surface area contributed by atoms with E-state index in [9.17, 15) is 19.7 Å². The van der Waals surface area contributed by atoms with E-state index < -0.39 is 16.5 Å². The van der Waals surface area contributed by atoms with Gasteiger partial charge in [-0.15, -0.1) is 0 Å². The highest BCUT2D eigenvalue weighted by Gasteiger charge is 2.25. The summed E-state index contributed by atoms with van der Waals surface area (Å²) >= 11 is 0. The van der Waals surface area contributed by atoms with Gasteiger partial charge in [-0.3, -0.25) is 14.9 Å². The molecule has 2 heterocycles. The Morgan fingerprint density at radius 2 is 1.83 bits per heavy atom. The van der Waals surface area contributed by atoms with Gasteiger partial charge in [0.2, 0.25) is 0 Å². The van der Waals surface area contributed by atoms with Gasteiger partial charge in [-0.05, 0) is 36.8 Å². The van der Waals surface area contributed by atoms with E-state index in [-0.39, 0.29) is 22.5 Å². The van der Waals surface area contributed by atoms with Crippen molar-refractivity contribution >= 4 is 11.7 Å². The summed E-state index contributed by atoms with van der Waals surface area (Å²) < 4.78 is 7.65. The van der Waals surface area contributed by atoms with Crippen LogP contribution in [0.1, 0.15) is 15.9 Å². The lowest BCUT2D eigenvalue weighted by Gasteiger charge is -2.11. The molecule has 2 aromatic rings. The Morgan fingerprint density at radius 3 is 2.47 bits per heavy atom. The molecular weight excluding hydrogens is 388 g/mol. The number of hydrogen-bond donors (Lipinski definition) is 0. The molecule has 2 aliphatic rings. The minimum absolute atomic E-state index is 0.0644. The Morgan fingerprint density at radius 1 is 1.10 bits per heavy atom. The summed E-state index contributed by atoms with van der Waals surface area (Å²) in [6, 6.07) is 13.0. The predicted octanol–water partition coefficient (Wildman–Crippen LogP) is 3.13. The second kappa shape index (κ2) is 7.28. The zero-order chi connectivity index (χ0) is 21.4. The maximum atomic E-state index is 13.1. The van der Waals surface area contributed by atoms with Gasteiger partial charge in [0.15, 0.2) is 0 Å². The fraction of sp³-hybridized carbons (Fsp3) is 0.0952. The number of nitro benzene ring substituents is 1. The molecule has 0 saturated carbocycles. The normalized spacial score (nSPS) is 10.9. The summed E-state index contributed by atoms with van der Waals surface area (Å²) in [4.78, 5) is 35.9. The van der Waals surface area contributed by atoms with Gasteiger partial charge < -0.3 is 9.30 Å². The number of rotatable bonds is 4. The molecule has 30 heavy (non-hydrogen) atoms. The Hall–Kier alpha value is -4.27. The van der Waals surface area contributed by atoms with Crippen molar-refractivity contribution in [2.24, 2.45) is 0 Å². The molecule has 0 atom stereocenters. The van der Waals surface area contributed by atoms with Crippen molar-refractivity contribution in [2.45, 2.75) is 6.92 Å². The van der Waals surface area contributed by atoms with E-state index in [1.54, 1.807) is 16.8 Å². The second-order valence-electron chi connectivity index (χ2n) is 6.66. The monoisotopic (exact) mass is 404 g/mol. The number of non-ortho nitro benzene ring substituents is 1. The fourth-order valence-corrected chi connectivity index (χ4v) is 3.20. The number of carbonyl (C=O) groups excluding carboxylic acids is 1. The lowest BCUT2D eigenvalue weighted by molar-refractivity contribution is -0.384. The van der Waals surface area contributed by atoms with Gasteiger partial charge in [0.25, 0.3) is 11.2 Å². The first-order valence-corrected chi connectivity index (χ1v) is 8.94. The third-order valence-corrected chi connectivity index (χ3v) is 4.68. The van der Waals surface area contributed by atoms with Crippen LogP contribution in [-0.2, 0) is 4.74 Å². The summed E-state index contributed by atoms with van der Waals surface area (Å²) in [5, 5.41) is 15.3. The molecule has 0 saturated heterocycles. The molecule has 4 rings (SSSR count). The van der Waals surface area contributed by atoms with Gasteiger partial charge in [-0.25, -0.2) is 4.79 Å². The number of carbonyl (C=O) groups is 1. The van der Waals surface area contributed by atoms with Gasteiger partial charge >= 0.3 is 5.97 Å². The van der Waals surface area contributed by atoms with Crippen molar-refractivity contribution in [1.82, 2.24) is 14.3 Å². The zero-order valence-corrected chi connectivity index (χ0v) is 16.1. The first-order valence-electron chi connectivity index (χ1n) is 8.94. The first-order chi connectivity index (χ1) is 14.4. The van der Waals surface area contributed by atoms with E-state index in [1.165, 1.54) is 42.3 Å². The topological polar surface area (TPSA) is 109 Å². The van der Waals surface area contributed by atoms with E-state index in [2.05, 4.69) is 5.10 Å². The molecule has 0 aliphatic carbocycles. The van der Waals surface area contributed by atoms with E-state index in [4.69, 9.17) is 4.74 Å². The minimum atomic E-state index is -0.648. The molecule has 150 valence electrons. The number of esters is 1. The highest BCUT2D eigenvalue weighted by atomic mass is 16.6. The molecule has 0 aromatic heterocycles. The summed E-state index contributed by atoms with van der Waals surface area (Å²) in [6.07, 6.45) is 3.03. The molecule has 9 heteroatoms. The van der Waals surface area contributed by atoms with Crippen LogP contribution in [0.25, 0.3) is 22.6 Å². The van der Waals surface area contributed by atoms with Gasteiger partial charge in [-0.2, -0.15) is 9.78 Å². The molecule has 2 aliphatic heterocycles. The lowest BCUT2D eigenvalue weighted by Crippen LogP contribution is -2.15. The van der Waals surface area contributed by atoms with Crippen LogP contribution in [0.2, 0.25) is 0 Å². The van der Waals surface area contributed by atoms with Crippen LogP contribution in [0.15, 0.2) is 65.7 Å². The van der Waals surface area contributed by atoms with Gasteiger partial charge in [0.1, 0.15) is 11.3 Å². The van der Waals surface area contributed by atoms with Crippen LogP contribution in [0.3, 0.4) is 0 Å². The van der Waals surface area contributed by atoms with E-state index >= 15 is 0 Å². The first kappa shape index (κ1) is 19.1. The largest absolute Gasteiger partial charge is 0.465 e. The second-order valence-corrected chi connectivity index (χ2v) is 6.66. The van der Waals surface area contributed by atoms with Crippen LogP contribution < -0.4 is 5.56 Å². The molecule has 9 nitrogen and oxygen atoms in total. The number of methoxy groups -OCH3 is 1. The van der Waals surface area contributed by atoms with Gasteiger partial charge in [-0.1, -0.05) is 12.1 Å². The average Bonchev–Trinajstić information content (AvgIpc) is 3.09. The Kier molecular flexibility index (Phi) is 4.63. The van der Waals surface area contributed by atoms with E-state index in [0.29, 0.717) is 11.4 Å². The third kappa shape index (κ3) is 3.22. The summed E-state index contributed by atoms with van der Waals surface area (Å²) in [6.45, 7) is 1.90. The predicted molar refractivity (Wildman–Crippen MR) is 109 cm³/mol. The van der Waals surface area contributed by atoms with Gasteiger partial charge in [0, 0.05) is 30.2 Å². The standard InChI is InChI=1S/C21H16N4O5/c1-13-4-3-5-16(10-13)24-20(26)17-11-23(12-18(19(17)22-24)21(27)30-2)14-6-8-15(9-7-14)25(28)29/h3-12H,1-2H3. The zero-order valence-electron chi connectivity index (χ0n) is 16.1. The summed E-state index contributed by atoms with van der Waals surface area (Å²) in [7, 11) is 1.24. The maximum absolute atomic E-state index is 13.1. The number of hydrogen-bond acceptors (Lipinski definition) is 6. The van der Waals surface area contributed by atoms with Crippen molar-refractivity contribution in [2.75, 3.05) is 7.11 Å². The van der Waals surface area contributed by atoms with Crippen molar-refractivity contribution in [1.29, 1.82) is 0 Å². The minimum Gasteiger partial charge on any atom is -0.465 e. The van der Waals surface area contributed by atoms with Crippen LogP contribution in [0, 0.1) is 17.0 Å². The number of aromatic nitrogens is 3. The van der Waals surface area contributed by atoms with Gasteiger partial charge in [0.05, 0.1) is 23.3 Å². The smallest absolute Gasteiger partial charge is 0.341 e. The number of aryl methyl sites for hydroxylation is 1. The lowest BCUT2D eigenvalue weighted by atomic mass is 10.1. The number of fused-ring (bicyclic) bond motifs is 1. The van der Waals surface area contributed by atoms with Crippen molar-refractivity contribution < 1.29 is 14.5 Å². The quantitative estimate of drug-likeness (QED) is 0.294. The Labute approximate surface area is 170 Å². The molecule has 0 spiro atoms. The number of nitrogens with zero attached hydrogens (tertiary/aromatic N) is 4. The maximum Gasteiger partial charge on any atom is 0.341 e. The van der Waals surface area contributed by atoms with Crippen molar-refractivity contribution in [3.8, 4) is 22.6 Å². The Bertz CT molecular complexity index is 1300. The molecule has 0 radical (unpaired) electrons. The number of ether oxygens (including phenoxy) is 1.